The molecule has 10 rings (SSSR count). The van der Waals surface area contributed by atoms with Crippen LogP contribution in [0.25, 0.3) is 22.9 Å². The summed E-state index contributed by atoms with van der Waals surface area (Å²) in [7, 11) is 0. The Bertz CT molecular complexity index is 2940. The van der Waals surface area contributed by atoms with Crippen LogP contribution in [0.3, 0.4) is 0 Å². The first-order chi connectivity index (χ1) is 32.4. The lowest BCUT2D eigenvalue weighted by molar-refractivity contribution is -0.137. The van der Waals surface area contributed by atoms with E-state index in [1.54, 1.807) is 13.7 Å². The Balaban J connectivity index is 0.000000153. The largest absolute Gasteiger partial charge is 0.481 e. The van der Waals surface area contributed by atoms with Gasteiger partial charge in [0.05, 0.1) is 11.4 Å². The first kappa shape index (κ1) is 46.4. The second-order valence-corrected chi connectivity index (χ2v) is 17.4. The summed E-state index contributed by atoms with van der Waals surface area (Å²) in [5, 5.41) is 46.7. The summed E-state index contributed by atoms with van der Waals surface area (Å²) >= 11 is 0. The minimum atomic E-state index is -0.814. The summed E-state index contributed by atoms with van der Waals surface area (Å²) in [6, 6.07) is 28.9. The molecule has 2 fully saturated rings. The zero-order valence-electron chi connectivity index (χ0n) is 39.3. The lowest BCUT2D eigenvalue weighted by atomic mass is 9.89. The predicted octanol–water partition coefficient (Wildman–Crippen LogP) is 6.98. The summed E-state index contributed by atoms with van der Waals surface area (Å²) in [4.78, 5) is 25.7. The van der Waals surface area contributed by atoms with Gasteiger partial charge in [-0.25, -0.2) is 9.36 Å². The van der Waals surface area contributed by atoms with E-state index in [1.165, 1.54) is 37.1 Å². The van der Waals surface area contributed by atoms with Crippen molar-refractivity contribution in [2.24, 2.45) is 0 Å². The number of carboxylic acids is 1. The molecule has 67 heavy (non-hydrogen) atoms. The fourth-order valence-electron chi connectivity index (χ4n) is 9.21. The number of carbonyl (C=O) groups excluding carboxylic acids is 1. The number of benzene rings is 2. The van der Waals surface area contributed by atoms with Crippen LogP contribution in [0.2, 0.25) is 0 Å². The summed E-state index contributed by atoms with van der Waals surface area (Å²) in [6.45, 7) is 15.6. The Morgan fingerprint density at radius 1 is 0.567 bits per heavy atom. The molecule has 0 radical (unpaired) electrons. The molecule has 348 valence electrons. The van der Waals surface area contributed by atoms with Crippen molar-refractivity contribution in [2.75, 3.05) is 26.2 Å². The van der Waals surface area contributed by atoms with Crippen LogP contribution in [0.1, 0.15) is 107 Å². The highest BCUT2D eigenvalue weighted by molar-refractivity contribution is 5.76. The minimum absolute atomic E-state index is 0.0877. The molecule has 0 saturated carbocycles. The molecule has 2 aliphatic rings. The zero-order valence-corrected chi connectivity index (χ0v) is 39.3. The number of nitrogens with one attached hydrogen (secondary N) is 1. The van der Waals surface area contributed by atoms with Crippen molar-refractivity contribution in [3.05, 3.63) is 142 Å². The topological polar surface area (TPSA) is 191 Å². The Labute approximate surface area is 390 Å². The minimum Gasteiger partial charge on any atom is -0.481 e. The molecule has 2 saturated heterocycles. The van der Waals surface area contributed by atoms with Crippen LogP contribution < -0.4 is 5.32 Å². The maximum absolute atomic E-state index is 12.9. The van der Waals surface area contributed by atoms with Crippen molar-refractivity contribution in [1.82, 2.24) is 69.4 Å². The lowest BCUT2D eigenvalue weighted by Gasteiger charge is -2.32. The van der Waals surface area contributed by atoms with Crippen LogP contribution in [0.5, 0.6) is 0 Å². The van der Waals surface area contributed by atoms with E-state index < -0.39 is 5.97 Å². The summed E-state index contributed by atoms with van der Waals surface area (Å²) in [5.74, 6) is 3.56. The van der Waals surface area contributed by atoms with Crippen molar-refractivity contribution >= 4 is 23.2 Å². The maximum Gasteiger partial charge on any atom is 0.303 e. The average Bonchev–Trinajstić information content (AvgIpc) is 4.09. The number of aliphatic carboxylic acids is 1. The molecule has 0 bridgehead atoms. The third-order valence-electron chi connectivity index (χ3n) is 13.0. The van der Waals surface area contributed by atoms with Crippen LogP contribution in [0, 0.1) is 41.5 Å². The van der Waals surface area contributed by atoms with Gasteiger partial charge in [0.1, 0.15) is 0 Å². The highest BCUT2D eigenvalue weighted by atomic mass is 16.4. The van der Waals surface area contributed by atoms with E-state index in [2.05, 4.69) is 102 Å². The van der Waals surface area contributed by atoms with E-state index in [0.29, 0.717) is 53.9 Å². The molecule has 17 nitrogen and oxygen atoms in total. The maximum atomic E-state index is 12.9. The number of carboxylic acid groups (broad SMARTS) is 1. The first-order valence-corrected chi connectivity index (χ1v) is 23.2. The molecule has 0 aliphatic carbocycles. The smallest absolute Gasteiger partial charge is 0.303 e. The number of carbonyl (C=O) groups is 2. The molecular weight excluding hydrogens is 845 g/mol. The van der Waals surface area contributed by atoms with E-state index in [4.69, 9.17) is 10.2 Å². The van der Waals surface area contributed by atoms with Crippen LogP contribution in [0.4, 0.5) is 0 Å². The highest BCUT2D eigenvalue weighted by Gasteiger charge is 2.25. The molecule has 2 N–H and O–H groups in total. The summed E-state index contributed by atoms with van der Waals surface area (Å²) in [6.07, 6.45) is 6.38. The Hall–Kier alpha value is -7.14. The first-order valence-electron chi connectivity index (χ1n) is 23.2. The molecule has 8 heterocycles. The average molecular weight is 905 g/mol. The number of nitrogens with zero attached hydrogens (tertiary/aromatic N) is 13. The molecule has 1 amide bonds. The number of likely N-dealkylation sites (tertiary alicyclic amines) is 1. The zero-order chi connectivity index (χ0) is 47.0. The molecule has 2 aromatic carbocycles. The summed E-state index contributed by atoms with van der Waals surface area (Å²) in [5.41, 5.74) is 10.0. The Kier molecular flexibility index (Phi) is 14.5. The van der Waals surface area contributed by atoms with E-state index in [0.717, 1.165) is 71.6 Å². The molecule has 0 unspecified atom stereocenters. The Morgan fingerprint density at radius 3 is 1.48 bits per heavy atom. The quantitative estimate of drug-likeness (QED) is 0.143. The number of aryl methyl sites for hydroxylation is 4. The van der Waals surface area contributed by atoms with E-state index in [9.17, 15) is 9.59 Å². The molecule has 17 heteroatoms. The molecule has 8 aromatic rings. The van der Waals surface area contributed by atoms with Gasteiger partial charge in [-0.1, -0.05) is 60.7 Å². The molecule has 0 spiro atoms. The van der Waals surface area contributed by atoms with Crippen molar-refractivity contribution in [3.63, 3.8) is 0 Å². The third kappa shape index (κ3) is 10.8. The molecule has 6 aromatic heterocycles. The van der Waals surface area contributed by atoms with E-state index >= 15 is 0 Å². The fourth-order valence-corrected chi connectivity index (χ4v) is 9.21. The van der Waals surface area contributed by atoms with Crippen molar-refractivity contribution < 1.29 is 14.7 Å². The van der Waals surface area contributed by atoms with Crippen molar-refractivity contribution in [2.45, 2.75) is 105 Å². The lowest BCUT2D eigenvalue weighted by Crippen LogP contribution is -2.38. The normalized spacial score (nSPS) is 14.4. The van der Waals surface area contributed by atoms with Gasteiger partial charge in [-0.05, 0) is 152 Å². The van der Waals surface area contributed by atoms with Crippen LogP contribution in [-0.2, 0) is 22.4 Å². The van der Waals surface area contributed by atoms with Crippen LogP contribution in [0.15, 0.2) is 84.9 Å². The van der Waals surface area contributed by atoms with Crippen molar-refractivity contribution in [1.29, 1.82) is 0 Å². The second-order valence-electron chi connectivity index (χ2n) is 17.4. The van der Waals surface area contributed by atoms with Gasteiger partial charge in [-0.15, -0.1) is 30.6 Å². The fraction of sp³-hybridized carbons (Fsp3) is 0.400. The van der Waals surface area contributed by atoms with Gasteiger partial charge in [0.25, 0.3) is 0 Å². The van der Waals surface area contributed by atoms with Gasteiger partial charge in [-0.3, -0.25) is 9.59 Å². The van der Waals surface area contributed by atoms with Crippen molar-refractivity contribution in [3.8, 4) is 11.6 Å². The molecular formula is C50H60N14O3. The standard InChI is InChI=1S/C25H29N7O.C14H16N6O2.C11H15N/c1-17-22(18(2)31(28-17)24-11-10-23-27-26-19(3)32(23)29-24)9-12-25(33)30-15-13-21(14-16-30)20-7-5-4-6-8-20;1-8-11(4-7-14(21)22)9(2)19(17-8)13-6-5-12-16-15-10(3)20(12)18-13;1-2-4-10(5-3-1)11-6-8-12-9-7-11/h4-8,10-11,21H,9,12-16H2,1-3H3;5-6H,4,7H2,1-3H3,(H,21,22);1-5,11-12H,6-9H2. The van der Waals surface area contributed by atoms with Crippen LogP contribution >= 0.6 is 0 Å². The SMILES string of the molecule is Cc1nn(-c2ccc3nnc(C)n3n2)c(C)c1CCC(=O)N1CCC(c2ccccc2)CC1.Cc1nn(-c2ccc3nnc(C)n3n2)c(C)c1CCC(=O)O.c1ccc(C2CCNCC2)cc1. The molecule has 2 aliphatic heterocycles. The van der Waals surface area contributed by atoms with Crippen LogP contribution in [-0.4, -0.2) is 107 Å². The number of rotatable bonds is 10. The monoisotopic (exact) mass is 904 g/mol. The number of hydrogen-bond acceptors (Lipinski definition) is 11. The number of hydrogen-bond donors (Lipinski definition) is 2. The number of aromatic nitrogens is 12. The number of amides is 1. The van der Waals surface area contributed by atoms with Gasteiger partial charge in [0, 0.05) is 37.3 Å². The molecule has 0 atom stereocenters. The third-order valence-corrected chi connectivity index (χ3v) is 13.0. The Morgan fingerprint density at radius 2 is 1.01 bits per heavy atom. The predicted molar refractivity (Wildman–Crippen MR) is 255 cm³/mol. The van der Waals surface area contributed by atoms with Gasteiger partial charge in [0.2, 0.25) is 5.91 Å². The van der Waals surface area contributed by atoms with Gasteiger partial charge in [0.15, 0.2) is 34.6 Å². The van der Waals surface area contributed by atoms with E-state index in [1.807, 2.05) is 75.4 Å². The van der Waals surface area contributed by atoms with Gasteiger partial charge in [-0.2, -0.15) is 19.2 Å². The van der Waals surface area contributed by atoms with E-state index in [-0.39, 0.29) is 12.3 Å². The van der Waals surface area contributed by atoms with Gasteiger partial charge < -0.3 is 15.3 Å². The number of fused-ring (bicyclic) bond motifs is 2. The second kappa shape index (κ2) is 21.0. The number of piperidine rings is 2. The van der Waals surface area contributed by atoms with Gasteiger partial charge >= 0.3 is 5.97 Å². The highest BCUT2D eigenvalue weighted by Crippen LogP contribution is 2.29. The summed E-state index contributed by atoms with van der Waals surface area (Å²) < 4.78 is 6.95.